The van der Waals surface area contributed by atoms with Crippen molar-refractivity contribution in [3.05, 3.63) is 29.8 Å². The van der Waals surface area contributed by atoms with Crippen molar-refractivity contribution in [2.24, 2.45) is 0 Å². The summed E-state index contributed by atoms with van der Waals surface area (Å²) < 4.78 is 42.1. The van der Waals surface area contributed by atoms with Crippen LogP contribution in [-0.2, 0) is 6.18 Å². The zero-order valence-electron chi connectivity index (χ0n) is 7.69. The summed E-state index contributed by atoms with van der Waals surface area (Å²) in [6.45, 7) is 2.12. The first-order valence-corrected chi connectivity index (χ1v) is 4.25. The van der Waals surface area contributed by atoms with Gasteiger partial charge in [-0.2, -0.15) is 13.2 Å². The second-order valence-corrected chi connectivity index (χ2v) is 2.77. The average Bonchev–Trinajstić information content (AvgIpc) is 2.14. The summed E-state index contributed by atoms with van der Waals surface area (Å²) in [5.41, 5.74) is -0.770. The van der Waals surface area contributed by atoms with Crippen molar-refractivity contribution in [2.45, 2.75) is 19.5 Å². The molecule has 14 heavy (non-hydrogen) atoms. The lowest BCUT2D eigenvalue weighted by Crippen LogP contribution is -2.08. The van der Waals surface area contributed by atoms with Gasteiger partial charge in [-0.15, -0.1) is 0 Å². The number of benzene rings is 1. The Kier molecular flexibility index (Phi) is 3.38. The third-order valence-electron chi connectivity index (χ3n) is 1.59. The zero-order chi connectivity index (χ0) is 10.6. The number of ether oxygens (including phenoxy) is 1. The molecule has 0 atom stereocenters. The largest absolute Gasteiger partial charge is 0.493 e. The maximum absolute atomic E-state index is 12.4. The molecule has 1 aromatic rings. The van der Waals surface area contributed by atoms with Crippen molar-refractivity contribution in [1.82, 2.24) is 0 Å². The van der Waals surface area contributed by atoms with Gasteiger partial charge in [0.25, 0.3) is 0 Å². The van der Waals surface area contributed by atoms with Crippen LogP contribution < -0.4 is 4.74 Å². The maximum atomic E-state index is 12.4. The van der Waals surface area contributed by atoms with Gasteiger partial charge in [0.2, 0.25) is 0 Å². The Labute approximate surface area is 80.5 Å². The molecule has 0 aliphatic rings. The van der Waals surface area contributed by atoms with E-state index in [4.69, 9.17) is 4.74 Å². The summed E-state index contributed by atoms with van der Waals surface area (Å²) >= 11 is 0. The first-order valence-electron chi connectivity index (χ1n) is 4.25. The molecule has 77 valence electrons. The molecule has 4 heteroatoms. The van der Waals surface area contributed by atoms with Crippen LogP contribution in [0.25, 0.3) is 0 Å². The fraction of sp³-hybridized carbons (Fsp3) is 0.400. The van der Waals surface area contributed by atoms with Gasteiger partial charge in [-0.1, -0.05) is 13.0 Å². The van der Waals surface area contributed by atoms with E-state index in [2.05, 4.69) is 6.07 Å². The van der Waals surface area contributed by atoms with Crippen LogP contribution >= 0.6 is 0 Å². The Morgan fingerprint density at radius 3 is 2.71 bits per heavy atom. The minimum absolute atomic E-state index is 0.127. The van der Waals surface area contributed by atoms with Gasteiger partial charge in [0, 0.05) is 0 Å². The van der Waals surface area contributed by atoms with Gasteiger partial charge in [-0.3, -0.25) is 0 Å². The molecule has 0 saturated carbocycles. The second kappa shape index (κ2) is 4.35. The molecule has 0 unspecified atom stereocenters. The number of hydrogen-bond donors (Lipinski definition) is 0. The van der Waals surface area contributed by atoms with E-state index in [-0.39, 0.29) is 12.4 Å². The van der Waals surface area contributed by atoms with Crippen molar-refractivity contribution in [3.8, 4) is 5.75 Å². The summed E-state index contributed by atoms with van der Waals surface area (Å²) in [6, 6.07) is 5.96. The SMILES string of the molecule is CCCOc1cc[c]cc1C(F)(F)F. The molecule has 0 amide bonds. The minimum atomic E-state index is -4.37. The van der Waals surface area contributed by atoms with Gasteiger partial charge < -0.3 is 4.74 Å². The normalized spacial score (nSPS) is 11.4. The van der Waals surface area contributed by atoms with Crippen molar-refractivity contribution < 1.29 is 17.9 Å². The highest BCUT2D eigenvalue weighted by atomic mass is 19.4. The number of rotatable bonds is 3. The highest BCUT2D eigenvalue weighted by Gasteiger charge is 2.33. The quantitative estimate of drug-likeness (QED) is 0.732. The van der Waals surface area contributed by atoms with Crippen LogP contribution in [0.3, 0.4) is 0 Å². The zero-order valence-corrected chi connectivity index (χ0v) is 7.69. The molecule has 1 radical (unpaired) electrons. The summed E-state index contributed by atoms with van der Waals surface area (Å²) in [5, 5.41) is 0. The van der Waals surface area contributed by atoms with Crippen LogP contribution in [-0.4, -0.2) is 6.61 Å². The molecule has 0 bridgehead atoms. The molecule has 0 N–H and O–H groups in total. The molecule has 1 nitrogen and oxygen atoms in total. The fourth-order valence-corrected chi connectivity index (χ4v) is 0.976. The third kappa shape index (κ3) is 2.65. The van der Waals surface area contributed by atoms with Crippen molar-refractivity contribution >= 4 is 0 Å². The van der Waals surface area contributed by atoms with Crippen molar-refractivity contribution in [2.75, 3.05) is 6.61 Å². The highest BCUT2D eigenvalue weighted by molar-refractivity contribution is 5.34. The van der Waals surface area contributed by atoms with E-state index in [1.807, 2.05) is 6.92 Å². The van der Waals surface area contributed by atoms with Gasteiger partial charge in [0.1, 0.15) is 5.75 Å². The van der Waals surface area contributed by atoms with E-state index in [0.717, 1.165) is 6.07 Å². The molecule has 0 aliphatic heterocycles. The fourth-order valence-electron chi connectivity index (χ4n) is 0.976. The number of hydrogen-bond acceptors (Lipinski definition) is 1. The van der Waals surface area contributed by atoms with Crippen LogP contribution in [0.4, 0.5) is 13.2 Å². The lowest BCUT2D eigenvalue weighted by molar-refractivity contribution is -0.139. The Bertz CT molecular complexity index is 294. The topological polar surface area (TPSA) is 9.23 Å². The number of alkyl halides is 3. The van der Waals surface area contributed by atoms with Crippen molar-refractivity contribution in [1.29, 1.82) is 0 Å². The van der Waals surface area contributed by atoms with E-state index in [0.29, 0.717) is 6.42 Å². The first kappa shape index (κ1) is 10.9. The molecular weight excluding hydrogens is 193 g/mol. The van der Waals surface area contributed by atoms with Crippen LogP contribution in [0.1, 0.15) is 18.9 Å². The minimum Gasteiger partial charge on any atom is -0.493 e. The summed E-state index contributed by atoms with van der Waals surface area (Å²) in [6.07, 6.45) is -3.70. The Morgan fingerprint density at radius 2 is 2.14 bits per heavy atom. The van der Waals surface area contributed by atoms with E-state index in [1.54, 1.807) is 0 Å². The molecule has 1 aromatic carbocycles. The predicted molar refractivity (Wildman–Crippen MR) is 46.1 cm³/mol. The molecule has 0 fully saturated rings. The average molecular weight is 203 g/mol. The van der Waals surface area contributed by atoms with E-state index < -0.39 is 11.7 Å². The van der Waals surface area contributed by atoms with Gasteiger partial charge in [-0.05, 0) is 24.6 Å². The highest BCUT2D eigenvalue weighted by Crippen LogP contribution is 2.35. The van der Waals surface area contributed by atoms with Gasteiger partial charge in [0.15, 0.2) is 0 Å². The molecule has 1 rings (SSSR count). The summed E-state index contributed by atoms with van der Waals surface area (Å²) in [7, 11) is 0. The third-order valence-corrected chi connectivity index (χ3v) is 1.59. The van der Waals surface area contributed by atoms with Crippen molar-refractivity contribution in [3.63, 3.8) is 0 Å². The van der Waals surface area contributed by atoms with Gasteiger partial charge in [0.05, 0.1) is 12.2 Å². The van der Waals surface area contributed by atoms with E-state index in [9.17, 15) is 13.2 Å². The Hall–Kier alpha value is -1.19. The van der Waals surface area contributed by atoms with Crippen LogP contribution in [0.2, 0.25) is 0 Å². The van der Waals surface area contributed by atoms with E-state index in [1.165, 1.54) is 12.1 Å². The lowest BCUT2D eigenvalue weighted by Gasteiger charge is -2.12. The van der Waals surface area contributed by atoms with Gasteiger partial charge in [-0.25, -0.2) is 0 Å². The molecule has 0 aromatic heterocycles. The molecule has 0 aliphatic carbocycles. The standard InChI is InChI=1S/C10H10F3O/c1-2-7-14-9-6-4-3-5-8(9)10(11,12)13/h4-6H,2,7H2,1H3. The van der Waals surface area contributed by atoms with Crippen LogP contribution in [0, 0.1) is 6.07 Å². The smallest absolute Gasteiger partial charge is 0.419 e. The molecule has 0 heterocycles. The first-order chi connectivity index (χ1) is 6.55. The van der Waals surface area contributed by atoms with Crippen LogP contribution in [0.5, 0.6) is 5.75 Å². The second-order valence-electron chi connectivity index (χ2n) is 2.77. The monoisotopic (exact) mass is 203 g/mol. The molecule has 0 spiro atoms. The van der Waals surface area contributed by atoms with E-state index >= 15 is 0 Å². The Balaban J connectivity index is 2.92. The lowest BCUT2D eigenvalue weighted by atomic mass is 10.2. The molecule has 0 saturated heterocycles. The Morgan fingerprint density at radius 1 is 1.43 bits per heavy atom. The van der Waals surface area contributed by atoms with Crippen LogP contribution in [0.15, 0.2) is 18.2 Å². The predicted octanol–water partition coefficient (Wildman–Crippen LogP) is 3.29. The number of halogens is 3. The maximum Gasteiger partial charge on any atom is 0.419 e. The molecular formula is C10H10F3O. The summed E-state index contributed by atoms with van der Waals surface area (Å²) in [4.78, 5) is 0. The van der Waals surface area contributed by atoms with Gasteiger partial charge >= 0.3 is 6.18 Å². The summed E-state index contributed by atoms with van der Waals surface area (Å²) in [5.74, 6) is -0.127.